The molecule has 0 aliphatic rings. The molecule has 0 radical (unpaired) electrons. The van der Waals surface area contributed by atoms with Gasteiger partial charge in [0.25, 0.3) is 0 Å². The van der Waals surface area contributed by atoms with Crippen LogP contribution in [0.3, 0.4) is 0 Å². The summed E-state index contributed by atoms with van der Waals surface area (Å²) in [6.45, 7) is 0. The Morgan fingerprint density at radius 1 is 1.13 bits per heavy atom. The van der Waals surface area contributed by atoms with E-state index in [1.165, 1.54) is 12.1 Å². The number of rotatable bonds is 3. The van der Waals surface area contributed by atoms with Crippen molar-refractivity contribution in [3.8, 4) is 0 Å². The van der Waals surface area contributed by atoms with Gasteiger partial charge in [-0.1, -0.05) is 0 Å². The first-order chi connectivity index (χ1) is 6.83. The molecule has 86 valence electrons. The third kappa shape index (κ3) is 3.61. The van der Waals surface area contributed by atoms with Gasteiger partial charge in [-0.05, 0) is 0 Å². The summed E-state index contributed by atoms with van der Waals surface area (Å²) in [5.74, 6) is 0. The van der Waals surface area contributed by atoms with Crippen molar-refractivity contribution in [2.45, 2.75) is 5.51 Å². The van der Waals surface area contributed by atoms with Crippen molar-refractivity contribution in [2.75, 3.05) is 0 Å². The summed E-state index contributed by atoms with van der Waals surface area (Å²) < 4.78 is 60.9. The van der Waals surface area contributed by atoms with Gasteiger partial charge in [0.2, 0.25) is 0 Å². The van der Waals surface area contributed by atoms with Crippen molar-refractivity contribution >= 4 is 10.1 Å². The third-order valence-electron chi connectivity index (χ3n) is 1.22. The second-order valence-electron chi connectivity index (χ2n) is 2.34. The fourth-order valence-electron chi connectivity index (χ4n) is 0.580. The molecule has 3 nitrogen and oxygen atoms in total. The van der Waals surface area contributed by atoms with Crippen LogP contribution in [0.2, 0.25) is 0 Å². The number of hydrogen-bond donors (Lipinski definition) is 0. The molecule has 0 aromatic heterocycles. The van der Waals surface area contributed by atoms with Crippen molar-refractivity contribution < 1.29 is 45.7 Å². The van der Waals surface area contributed by atoms with Crippen LogP contribution in [0.15, 0.2) is 30.3 Å². The van der Waals surface area contributed by atoms with Gasteiger partial charge >= 0.3 is 95.3 Å². The first-order valence-electron chi connectivity index (χ1n) is 3.53. The molecule has 0 saturated heterocycles. The van der Waals surface area contributed by atoms with Crippen LogP contribution >= 0.6 is 0 Å². The Morgan fingerprint density at radius 2 is 1.67 bits per heavy atom. The Hall–Kier alpha value is -0.350. The van der Waals surface area contributed by atoms with Crippen LogP contribution in [0.1, 0.15) is 0 Å². The molecule has 0 N–H and O–H groups in total. The Morgan fingerprint density at radius 3 is 2.13 bits per heavy atom. The molecule has 0 heterocycles. The van der Waals surface area contributed by atoms with Crippen LogP contribution in [-0.2, 0) is 12.6 Å². The van der Waals surface area contributed by atoms with Gasteiger partial charge in [0.05, 0.1) is 0 Å². The predicted molar refractivity (Wildman–Crippen MR) is 41.2 cm³/mol. The molecule has 0 unspecified atom stereocenters. The van der Waals surface area contributed by atoms with E-state index in [1.54, 1.807) is 18.2 Å². The summed E-state index contributed by atoms with van der Waals surface area (Å²) in [4.78, 5) is 0. The monoisotopic (exact) mass is 353 g/mol. The molecule has 1 aromatic rings. The maximum atomic E-state index is 11.8. The molecule has 0 bridgehead atoms. The fraction of sp³-hybridized carbons (Fsp3) is 0.143. The SMILES string of the molecule is O=S(=O)(O[I-]c1ccccc1)C(F)(F)F. The molecule has 15 heavy (non-hydrogen) atoms. The van der Waals surface area contributed by atoms with Gasteiger partial charge in [-0.3, -0.25) is 0 Å². The molecular formula is C7H5F3IO3S-. The van der Waals surface area contributed by atoms with Crippen molar-refractivity contribution in [2.24, 2.45) is 0 Å². The van der Waals surface area contributed by atoms with Crippen molar-refractivity contribution in [1.29, 1.82) is 0 Å². The van der Waals surface area contributed by atoms with Gasteiger partial charge in [-0.2, -0.15) is 0 Å². The topological polar surface area (TPSA) is 43.4 Å². The zero-order valence-corrected chi connectivity index (χ0v) is 10.0. The van der Waals surface area contributed by atoms with Crippen LogP contribution in [0.25, 0.3) is 0 Å². The van der Waals surface area contributed by atoms with Crippen LogP contribution in [0.5, 0.6) is 0 Å². The predicted octanol–water partition coefficient (Wildman–Crippen LogP) is -1.27. The van der Waals surface area contributed by atoms with Gasteiger partial charge in [-0.25, -0.2) is 0 Å². The molecule has 0 aliphatic heterocycles. The first kappa shape index (κ1) is 12.7. The Kier molecular flexibility index (Phi) is 3.95. The number of benzene rings is 1. The molecule has 0 fully saturated rings. The van der Waals surface area contributed by atoms with Crippen LogP contribution < -0.4 is 21.6 Å². The average Bonchev–Trinajstić information content (AvgIpc) is 2.15. The van der Waals surface area contributed by atoms with Gasteiger partial charge in [0, 0.05) is 0 Å². The summed E-state index contributed by atoms with van der Waals surface area (Å²) >= 11 is -1.64. The fourth-order valence-corrected chi connectivity index (χ4v) is 3.46. The molecule has 0 atom stereocenters. The van der Waals surface area contributed by atoms with Crippen LogP contribution in [0, 0.1) is 3.57 Å². The molecule has 0 amide bonds. The molecule has 1 rings (SSSR count). The number of hydrogen-bond acceptors (Lipinski definition) is 3. The minimum absolute atomic E-state index is 0.462. The number of alkyl halides is 3. The number of halogens is 4. The van der Waals surface area contributed by atoms with E-state index in [2.05, 4.69) is 2.51 Å². The summed E-state index contributed by atoms with van der Waals surface area (Å²) in [6, 6.07) is 7.89. The van der Waals surface area contributed by atoms with E-state index in [9.17, 15) is 21.6 Å². The second-order valence-corrected chi connectivity index (χ2v) is 6.60. The van der Waals surface area contributed by atoms with E-state index in [0.717, 1.165) is 0 Å². The molecule has 8 heteroatoms. The third-order valence-corrected chi connectivity index (χ3v) is 5.20. The van der Waals surface area contributed by atoms with Gasteiger partial charge in [0.15, 0.2) is 0 Å². The van der Waals surface area contributed by atoms with Crippen molar-refractivity contribution in [3.63, 3.8) is 0 Å². The summed E-state index contributed by atoms with van der Waals surface area (Å²) in [7, 11) is -5.45. The van der Waals surface area contributed by atoms with E-state index in [-0.39, 0.29) is 0 Å². The van der Waals surface area contributed by atoms with Crippen LogP contribution in [-0.4, -0.2) is 13.9 Å². The summed E-state index contributed by atoms with van der Waals surface area (Å²) in [5, 5.41) is 0. The quantitative estimate of drug-likeness (QED) is 0.503. The Bertz CT molecular complexity index is 415. The van der Waals surface area contributed by atoms with Crippen molar-refractivity contribution in [1.82, 2.24) is 0 Å². The molecule has 0 saturated carbocycles. The molecule has 0 aliphatic carbocycles. The second kappa shape index (κ2) is 4.66. The maximum absolute atomic E-state index is 11.8. The van der Waals surface area contributed by atoms with E-state index in [0.29, 0.717) is 3.57 Å². The zero-order valence-electron chi connectivity index (χ0n) is 7.03. The molecule has 1 aromatic carbocycles. The molecular weight excluding hydrogens is 348 g/mol. The zero-order chi connectivity index (χ0) is 11.5. The standard InChI is InChI=1S/C7H5F3IO3S/c8-7(9,10)15(12,13)14-11-6-4-2-1-3-5-6/h1-5H/q-1. The normalized spacial score (nSPS) is 13.0. The van der Waals surface area contributed by atoms with Gasteiger partial charge in [-0.15, -0.1) is 0 Å². The van der Waals surface area contributed by atoms with E-state index in [4.69, 9.17) is 0 Å². The van der Waals surface area contributed by atoms with Crippen molar-refractivity contribution in [3.05, 3.63) is 33.9 Å². The average molecular weight is 353 g/mol. The van der Waals surface area contributed by atoms with Gasteiger partial charge in [0.1, 0.15) is 0 Å². The Balaban J connectivity index is 2.67. The summed E-state index contributed by atoms with van der Waals surface area (Å²) in [5.41, 5.74) is -5.35. The minimum atomic E-state index is -5.45. The molecule has 0 spiro atoms. The summed E-state index contributed by atoms with van der Waals surface area (Å²) in [6.07, 6.45) is 0. The van der Waals surface area contributed by atoms with E-state index < -0.39 is 37.2 Å². The van der Waals surface area contributed by atoms with E-state index >= 15 is 0 Å². The van der Waals surface area contributed by atoms with Crippen LogP contribution in [0.4, 0.5) is 13.2 Å². The van der Waals surface area contributed by atoms with E-state index in [1.807, 2.05) is 0 Å². The Labute approximate surface area is 95.2 Å². The first-order valence-corrected chi connectivity index (χ1v) is 6.89. The van der Waals surface area contributed by atoms with Gasteiger partial charge < -0.3 is 0 Å².